The van der Waals surface area contributed by atoms with Gasteiger partial charge in [0.15, 0.2) is 0 Å². The zero-order valence-electron chi connectivity index (χ0n) is 13.4. The Morgan fingerprint density at radius 3 is 2.91 bits per heavy atom. The van der Waals surface area contributed by atoms with Crippen molar-refractivity contribution < 1.29 is 9.53 Å². The lowest BCUT2D eigenvalue weighted by Gasteiger charge is -2.17. The SMILES string of the molecule is COc1cc(=O)n2c(c1C(=O)NCCN(C)C)CCNCC2. The normalized spacial score (nSPS) is 14.4. The number of nitrogens with one attached hydrogen (secondary N) is 2. The number of fused-ring (bicyclic) bond motifs is 1. The Morgan fingerprint density at radius 2 is 2.23 bits per heavy atom. The summed E-state index contributed by atoms with van der Waals surface area (Å²) in [5.74, 6) is 0.157. The number of rotatable bonds is 5. The van der Waals surface area contributed by atoms with Crippen LogP contribution in [0.25, 0.3) is 0 Å². The van der Waals surface area contributed by atoms with Crippen LogP contribution in [0.2, 0.25) is 0 Å². The summed E-state index contributed by atoms with van der Waals surface area (Å²) in [4.78, 5) is 26.7. The molecule has 1 aliphatic heterocycles. The molecule has 1 aliphatic rings. The second-order valence-electron chi connectivity index (χ2n) is 5.58. The van der Waals surface area contributed by atoms with Crippen molar-refractivity contribution in [3.05, 3.63) is 27.7 Å². The molecule has 0 saturated carbocycles. The maximum atomic E-state index is 12.6. The number of ether oxygens (including phenoxy) is 1. The lowest BCUT2D eigenvalue weighted by atomic mass is 10.1. The minimum atomic E-state index is -0.190. The van der Waals surface area contributed by atoms with Crippen LogP contribution in [0.3, 0.4) is 0 Å². The van der Waals surface area contributed by atoms with Crippen LogP contribution in [-0.2, 0) is 13.0 Å². The van der Waals surface area contributed by atoms with E-state index in [-0.39, 0.29) is 11.5 Å². The highest BCUT2D eigenvalue weighted by molar-refractivity contribution is 5.98. The van der Waals surface area contributed by atoms with Gasteiger partial charge in [0.2, 0.25) is 0 Å². The zero-order valence-corrected chi connectivity index (χ0v) is 13.4. The minimum absolute atomic E-state index is 0.125. The number of carbonyl (C=O) groups is 1. The Labute approximate surface area is 130 Å². The van der Waals surface area contributed by atoms with Gasteiger partial charge in [0, 0.05) is 50.9 Å². The van der Waals surface area contributed by atoms with Crippen molar-refractivity contribution in [2.75, 3.05) is 47.4 Å². The average molecular weight is 308 g/mol. The van der Waals surface area contributed by atoms with Gasteiger partial charge < -0.3 is 24.8 Å². The van der Waals surface area contributed by atoms with Crippen molar-refractivity contribution >= 4 is 5.91 Å². The largest absolute Gasteiger partial charge is 0.496 e. The first-order valence-electron chi connectivity index (χ1n) is 7.49. The third-order valence-corrected chi connectivity index (χ3v) is 3.72. The quantitative estimate of drug-likeness (QED) is 0.752. The topological polar surface area (TPSA) is 75.6 Å². The maximum Gasteiger partial charge on any atom is 0.256 e. The number of hydrogen-bond donors (Lipinski definition) is 2. The van der Waals surface area contributed by atoms with Gasteiger partial charge in [-0.2, -0.15) is 0 Å². The summed E-state index contributed by atoms with van der Waals surface area (Å²) in [6, 6.07) is 1.40. The van der Waals surface area contributed by atoms with E-state index < -0.39 is 0 Å². The molecule has 0 atom stereocenters. The van der Waals surface area contributed by atoms with Crippen LogP contribution in [0.5, 0.6) is 5.75 Å². The molecule has 1 aromatic rings. The average Bonchev–Trinajstić information content (AvgIpc) is 2.72. The van der Waals surface area contributed by atoms with Gasteiger partial charge in [0.25, 0.3) is 11.5 Å². The third-order valence-electron chi connectivity index (χ3n) is 3.72. The van der Waals surface area contributed by atoms with E-state index >= 15 is 0 Å². The maximum absolute atomic E-state index is 12.6. The Hall–Kier alpha value is -1.86. The van der Waals surface area contributed by atoms with Crippen molar-refractivity contribution in [2.45, 2.75) is 13.0 Å². The number of aromatic nitrogens is 1. The Balaban J connectivity index is 2.35. The van der Waals surface area contributed by atoms with Crippen LogP contribution in [0.15, 0.2) is 10.9 Å². The highest BCUT2D eigenvalue weighted by atomic mass is 16.5. The molecular formula is C15H24N4O3. The molecule has 0 bridgehead atoms. The van der Waals surface area contributed by atoms with Gasteiger partial charge in [0.05, 0.1) is 7.11 Å². The molecule has 2 heterocycles. The predicted molar refractivity (Wildman–Crippen MR) is 84.7 cm³/mol. The summed E-state index contributed by atoms with van der Waals surface area (Å²) in [6.07, 6.45) is 0.628. The Morgan fingerprint density at radius 1 is 1.45 bits per heavy atom. The number of carbonyl (C=O) groups excluding carboxylic acids is 1. The first kappa shape index (κ1) is 16.5. The van der Waals surface area contributed by atoms with Crippen molar-refractivity contribution in [3.63, 3.8) is 0 Å². The number of likely N-dealkylation sites (N-methyl/N-ethyl adjacent to an activating group) is 1. The van der Waals surface area contributed by atoms with E-state index in [2.05, 4.69) is 10.6 Å². The summed E-state index contributed by atoms with van der Waals surface area (Å²) in [7, 11) is 5.39. The number of pyridine rings is 1. The van der Waals surface area contributed by atoms with Crippen LogP contribution in [-0.4, -0.2) is 62.8 Å². The fourth-order valence-electron chi connectivity index (χ4n) is 2.59. The first-order valence-corrected chi connectivity index (χ1v) is 7.49. The van der Waals surface area contributed by atoms with Crippen LogP contribution >= 0.6 is 0 Å². The molecule has 0 aliphatic carbocycles. The molecule has 0 spiro atoms. The van der Waals surface area contributed by atoms with Crippen molar-refractivity contribution in [1.29, 1.82) is 0 Å². The fraction of sp³-hybridized carbons (Fsp3) is 0.600. The van der Waals surface area contributed by atoms with Crippen LogP contribution in [0.4, 0.5) is 0 Å². The number of hydrogen-bond acceptors (Lipinski definition) is 5. The van der Waals surface area contributed by atoms with Gasteiger partial charge in [-0.3, -0.25) is 9.59 Å². The van der Waals surface area contributed by atoms with Gasteiger partial charge in [-0.25, -0.2) is 0 Å². The lowest BCUT2D eigenvalue weighted by molar-refractivity contribution is 0.0946. The highest BCUT2D eigenvalue weighted by Crippen LogP contribution is 2.21. The van der Waals surface area contributed by atoms with Crippen LogP contribution < -0.4 is 20.9 Å². The predicted octanol–water partition coefficient (Wildman–Crippen LogP) is -0.706. The van der Waals surface area contributed by atoms with E-state index in [4.69, 9.17) is 4.74 Å². The van der Waals surface area contributed by atoms with E-state index in [0.717, 1.165) is 25.3 Å². The zero-order chi connectivity index (χ0) is 16.1. The van der Waals surface area contributed by atoms with Gasteiger partial charge in [0.1, 0.15) is 11.3 Å². The van der Waals surface area contributed by atoms with E-state index in [1.165, 1.54) is 13.2 Å². The van der Waals surface area contributed by atoms with Gasteiger partial charge in [-0.15, -0.1) is 0 Å². The summed E-state index contributed by atoms with van der Waals surface area (Å²) >= 11 is 0. The molecule has 122 valence electrons. The van der Waals surface area contributed by atoms with Crippen LogP contribution in [0, 0.1) is 0 Å². The standard InChI is InChI=1S/C15H24N4O3/c1-18(2)8-7-17-15(21)14-11-4-5-16-6-9-19(11)13(20)10-12(14)22-3/h10,16H,4-9H2,1-3H3,(H,17,21). The summed E-state index contributed by atoms with van der Waals surface area (Å²) < 4.78 is 6.95. The van der Waals surface area contributed by atoms with E-state index in [1.54, 1.807) is 4.57 Å². The summed E-state index contributed by atoms with van der Waals surface area (Å²) in [5.41, 5.74) is 1.10. The number of amides is 1. The highest BCUT2D eigenvalue weighted by Gasteiger charge is 2.23. The molecule has 0 saturated heterocycles. The molecule has 22 heavy (non-hydrogen) atoms. The Bertz CT molecular complexity index is 595. The molecule has 2 N–H and O–H groups in total. The second kappa shape index (κ2) is 7.42. The molecule has 0 radical (unpaired) electrons. The molecule has 0 fully saturated rings. The van der Waals surface area contributed by atoms with E-state index in [0.29, 0.717) is 30.8 Å². The third kappa shape index (κ3) is 3.66. The molecular weight excluding hydrogens is 284 g/mol. The monoisotopic (exact) mass is 308 g/mol. The van der Waals surface area contributed by atoms with Crippen molar-refractivity contribution in [3.8, 4) is 5.75 Å². The molecule has 1 aromatic heterocycles. The van der Waals surface area contributed by atoms with E-state index in [1.807, 2.05) is 19.0 Å². The van der Waals surface area contributed by atoms with Gasteiger partial charge in [-0.1, -0.05) is 0 Å². The summed E-state index contributed by atoms with van der Waals surface area (Å²) in [6.45, 7) is 3.33. The molecule has 0 aromatic carbocycles. The van der Waals surface area contributed by atoms with Crippen molar-refractivity contribution in [1.82, 2.24) is 20.1 Å². The molecule has 7 nitrogen and oxygen atoms in total. The Kier molecular flexibility index (Phi) is 5.57. The minimum Gasteiger partial charge on any atom is -0.496 e. The molecule has 1 amide bonds. The fourth-order valence-corrected chi connectivity index (χ4v) is 2.59. The number of nitrogens with zero attached hydrogens (tertiary/aromatic N) is 2. The van der Waals surface area contributed by atoms with Gasteiger partial charge in [-0.05, 0) is 14.1 Å². The smallest absolute Gasteiger partial charge is 0.256 e. The molecule has 0 unspecified atom stereocenters. The molecule has 2 rings (SSSR count). The van der Waals surface area contributed by atoms with Crippen molar-refractivity contribution in [2.24, 2.45) is 0 Å². The molecule has 7 heteroatoms. The summed E-state index contributed by atoms with van der Waals surface area (Å²) in [5, 5.41) is 6.14. The lowest BCUT2D eigenvalue weighted by Crippen LogP contribution is -2.34. The van der Waals surface area contributed by atoms with Gasteiger partial charge >= 0.3 is 0 Å². The number of methoxy groups -OCH3 is 1. The van der Waals surface area contributed by atoms with Crippen LogP contribution in [0.1, 0.15) is 16.1 Å². The van der Waals surface area contributed by atoms with E-state index in [9.17, 15) is 9.59 Å². The second-order valence-corrected chi connectivity index (χ2v) is 5.58. The first-order chi connectivity index (χ1) is 10.5.